The van der Waals surface area contributed by atoms with Crippen molar-refractivity contribution >= 4 is 11.6 Å². The lowest BCUT2D eigenvalue weighted by atomic mass is 10.0. The van der Waals surface area contributed by atoms with E-state index >= 15 is 0 Å². The number of hydrogen-bond acceptors (Lipinski definition) is 4. The predicted octanol–water partition coefficient (Wildman–Crippen LogP) is 2.80. The summed E-state index contributed by atoms with van der Waals surface area (Å²) in [6, 6.07) is 11.0. The number of nitrogens with one attached hydrogen (secondary N) is 1. The van der Waals surface area contributed by atoms with Gasteiger partial charge in [0.25, 0.3) is 0 Å². The van der Waals surface area contributed by atoms with Gasteiger partial charge >= 0.3 is 0 Å². The summed E-state index contributed by atoms with van der Waals surface area (Å²) in [4.78, 5) is 4.35. The maximum Gasteiger partial charge on any atom is 0.243 e. The first-order valence-electron chi connectivity index (χ1n) is 6.80. The second kappa shape index (κ2) is 4.73. The normalized spacial score (nSPS) is 17.3. The molecule has 5 nitrogen and oxygen atoms in total. The summed E-state index contributed by atoms with van der Waals surface area (Å²) in [6.45, 7) is 0.649. The number of ether oxygens (including phenoxy) is 1. The maximum absolute atomic E-state index is 13.2. The summed E-state index contributed by atoms with van der Waals surface area (Å²) < 4.78 is 20.2. The molecule has 0 amide bonds. The van der Waals surface area contributed by atoms with E-state index < -0.39 is 0 Å². The molecule has 1 aliphatic heterocycles. The lowest BCUT2D eigenvalue weighted by molar-refractivity contribution is 0.274. The summed E-state index contributed by atoms with van der Waals surface area (Å²) in [7, 11) is 0. The monoisotopic (exact) mass is 284 g/mol. The zero-order valence-electron chi connectivity index (χ0n) is 11.2. The van der Waals surface area contributed by atoms with Gasteiger partial charge in [0.05, 0.1) is 18.8 Å². The van der Waals surface area contributed by atoms with Gasteiger partial charge in [0.2, 0.25) is 5.95 Å². The number of halogens is 1. The molecular formula is C15H13FN4O. The molecule has 4 rings (SSSR count). The number of anilines is 1. The van der Waals surface area contributed by atoms with Crippen molar-refractivity contribution in [2.45, 2.75) is 12.5 Å². The summed E-state index contributed by atoms with van der Waals surface area (Å²) in [5.41, 5.74) is 1.70. The molecule has 106 valence electrons. The fraction of sp³-hybridized carbons (Fsp3) is 0.200. The number of pyridine rings is 1. The molecule has 1 aliphatic rings. The highest BCUT2D eigenvalue weighted by Gasteiger charge is 2.22. The highest BCUT2D eigenvalue weighted by molar-refractivity contribution is 5.46. The zero-order valence-corrected chi connectivity index (χ0v) is 11.2. The Morgan fingerprint density at radius 1 is 1.24 bits per heavy atom. The van der Waals surface area contributed by atoms with Crippen molar-refractivity contribution in [3.05, 3.63) is 54.0 Å². The Balaban J connectivity index is 1.66. The van der Waals surface area contributed by atoms with Crippen LogP contribution in [0.15, 0.2) is 42.6 Å². The van der Waals surface area contributed by atoms with E-state index in [0.717, 1.165) is 17.7 Å². The molecule has 6 heteroatoms. The Kier molecular flexibility index (Phi) is 2.73. The van der Waals surface area contributed by atoms with Gasteiger partial charge in [-0.15, -0.1) is 5.10 Å². The van der Waals surface area contributed by atoms with Crippen molar-refractivity contribution in [2.75, 3.05) is 11.9 Å². The van der Waals surface area contributed by atoms with E-state index in [2.05, 4.69) is 15.4 Å². The van der Waals surface area contributed by atoms with E-state index in [-0.39, 0.29) is 11.9 Å². The van der Waals surface area contributed by atoms with Crippen LogP contribution < -0.4 is 10.1 Å². The molecule has 1 aromatic carbocycles. The molecule has 3 aromatic rings. The summed E-state index contributed by atoms with van der Waals surface area (Å²) in [6.07, 6.45) is 2.15. The Morgan fingerprint density at radius 2 is 2.14 bits per heavy atom. The van der Waals surface area contributed by atoms with Crippen molar-refractivity contribution in [3.63, 3.8) is 0 Å². The lowest BCUT2D eigenvalue weighted by Gasteiger charge is -2.26. The highest BCUT2D eigenvalue weighted by Crippen LogP contribution is 2.33. The molecule has 0 radical (unpaired) electrons. The summed E-state index contributed by atoms with van der Waals surface area (Å²) in [5.74, 6) is 1.04. The maximum atomic E-state index is 13.2. The average molecular weight is 284 g/mol. The third kappa shape index (κ3) is 2.18. The minimum absolute atomic E-state index is 0.0946. The Labute approximate surface area is 120 Å². The third-order valence-electron chi connectivity index (χ3n) is 3.56. The number of aromatic nitrogens is 3. The predicted molar refractivity (Wildman–Crippen MR) is 75.9 cm³/mol. The second-order valence-electron chi connectivity index (χ2n) is 4.96. The molecule has 1 atom stereocenters. The van der Waals surface area contributed by atoms with Gasteiger partial charge in [0, 0.05) is 12.0 Å². The van der Waals surface area contributed by atoms with Crippen molar-refractivity contribution in [3.8, 4) is 5.75 Å². The van der Waals surface area contributed by atoms with Gasteiger partial charge in [0.1, 0.15) is 11.6 Å². The Bertz CT molecular complexity index is 801. The molecule has 1 N–H and O–H groups in total. The van der Waals surface area contributed by atoms with Crippen LogP contribution in [0, 0.1) is 5.82 Å². The van der Waals surface area contributed by atoms with Crippen LogP contribution >= 0.6 is 0 Å². The topological polar surface area (TPSA) is 51.5 Å². The Morgan fingerprint density at radius 3 is 3.10 bits per heavy atom. The largest absolute Gasteiger partial charge is 0.493 e. The van der Waals surface area contributed by atoms with Crippen LogP contribution in [0.3, 0.4) is 0 Å². The quantitative estimate of drug-likeness (QED) is 0.786. The van der Waals surface area contributed by atoms with Crippen molar-refractivity contribution in [1.29, 1.82) is 0 Å². The van der Waals surface area contributed by atoms with E-state index in [0.29, 0.717) is 18.2 Å². The van der Waals surface area contributed by atoms with Crippen molar-refractivity contribution < 1.29 is 9.13 Å². The minimum atomic E-state index is -0.338. The van der Waals surface area contributed by atoms with Crippen LogP contribution in [0.4, 0.5) is 10.3 Å². The first kappa shape index (κ1) is 12.1. The van der Waals surface area contributed by atoms with Crippen LogP contribution in [0.1, 0.15) is 18.0 Å². The summed E-state index contributed by atoms with van der Waals surface area (Å²) in [5, 5.41) is 7.55. The average Bonchev–Trinajstić information content (AvgIpc) is 2.89. The van der Waals surface area contributed by atoms with Gasteiger partial charge in [-0.25, -0.2) is 8.91 Å². The Hall–Kier alpha value is -2.63. The van der Waals surface area contributed by atoms with Gasteiger partial charge < -0.3 is 10.1 Å². The van der Waals surface area contributed by atoms with Gasteiger partial charge in [-0.3, -0.25) is 0 Å². The lowest BCUT2D eigenvalue weighted by Crippen LogP contribution is -2.20. The molecule has 1 unspecified atom stereocenters. The standard InChI is InChI=1S/C15H13FN4O/c16-10-5-6-14-18-15(19-20(14)9-10)17-12-7-8-21-13-4-2-1-3-11(12)13/h1-6,9,12H,7-8H2,(H,17,19). The van der Waals surface area contributed by atoms with E-state index in [1.165, 1.54) is 16.8 Å². The number of nitrogens with zero attached hydrogens (tertiary/aromatic N) is 3. The molecule has 21 heavy (non-hydrogen) atoms. The number of benzene rings is 1. The minimum Gasteiger partial charge on any atom is -0.493 e. The van der Waals surface area contributed by atoms with E-state index in [1.54, 1.807) is 6.07 Å². The number of para-hydroxylation sites is 1. The second-order valence-corrected chi connectivity index (χ2v) is 4.96. The van der Waals surface area contributed by atoms with E-state index in [1.807, 2.05) is 24.3 Å². The molecule has 0 bridgehead atoms. The van der Waals surface area contributed by atoms with E-state index in [9.17, 15) is 4.39 Å². The van der Waals surface area contributed by atoms with Crippen molar-refractivity contribution in [2.24, 2.45) is 0 Å². The first-order chi connectivity index (χ1) is 10.3. The fourth-order valence-corrected chi connectivity index (χ4v) is 2.57. The molecule has 2 aromatic heterocycles. The van der Waals surface area contributed by atoms with Gasteiger partial charge in [-0.1, -0.05) is 18.2 Å². The number of rotatable bonds is 2. The smallest absolute Gasteiger partial charge is 0.243 e. The van der Waals surface area contributed by atoms with Crippen LogP contribution in [-0.4, -0.2) is 21.2 Å². The van der Waals surface area contributed by atoms with E-state index in [4.69, 9.17) is 4.74 Å². The molecule has 0 saturated heterocycles. The highest BCUT2D eigenvalue weighted by atomic mass is 19.1. The molecule has 0 spiro atoms. The number of fused-ring (bicyclic) bond motifs is 2. The van der Waals surface area contributed by atoms with Crippen LogP contribution in [0.2, 0.25) is 0 Å². The molecule has 0 aliphatic carbocycles. The molecule has 3 heterocycles. The van der Waals surface area contributed by atoms with Crippen molar-refractivity contribution in [1.82, 2.24) is 14.6 Å². The van der Waals surface area contributed by atoms with Crippen LogP contribution in [-0.2, 0) is 0 Å². The first-order valence-corrected chi connectivity index (χ1v) is 6.80. The summed E-state index contributed by atoms with van der Waals surface area (Å²) >= 11 is 0. The third-order valence-corrected chi connectivity index (χ3v) is 3.56. The molecule has 0 saturated carbocycles. The van der Waals surface area contributed by atoms with Crippen LogP contribution in [0.5, 0.6) is 5.75 Å². The van der Waals surface area contributed by atoms with Gasteiger partial charge in [0.15, 0.2) is 5.65 Å². The van der Waals surface area contributed by atoms with Gasteiger partial charge in [-0.05, 0) is 18.2 Å². The zero-order chi connectivity index (χ0) is 14.2. The fourth-order valence-electron chi connectivity index (χ4n) is 2.57. The molecular weight excluding hydrogens is 271 g/mol. The SMILES string of the molecule is Fc1ccc2nc(NC3CCOc4ccccc43)nn2c1. The van der Waals surface area contributed by atoms with Crippen LogP contribution in [0.25, 0.3) is 5.65 Å². The molecule has 0 fully saturated rings. The van der Waals surface area contributed by atoms with Gasteiger partial charge in [-0.2, -0.15) is 4.98 Å². The number of hydrogen-bond donors (Lipinski definition) is 1.